The van der Waals surface area contributed by atoms with Gasteiger partial charge >= 0.3 is 5.97 Å². The molecule has 2 rings (SSSR count). The number of anilines is 1. The van der Waals surface area contributed by atoms with Crippen LogP contribution in [0.3, 0.4) is 0 Å². The van der Waals surface area contributed by atoms with E-state index in [1.54, 1.807) is 12.1 Å². The first kappa shape index (κ1) is 22.0. The molecule has 0 spiro atoms. The molecule has 7 nitrogen and oxygen atoms in total. The van der Waals surface area contributed by atoms with E-state index < -0.39 is 24.3 Å². The van der Waals surface area contributed by atoms with Crippen LogP contribution in [0.25, 0.3) is 6.08 Å². The van der Waals surface area contributed by atoms with Crippen LogP contribution in [0, 0.1) is 5.82 Å². The topological polar surface area (TPSA) is 83.1 Å². The van der Waals surface area contributed by atoms with Gasteiger partial charge in [-0.1, -0.05) is 11.6 Å². The molecule has 0 fully saturated rings. The quantitative estimate of drug-likeness (QED) is 0.515. The summed E-state index contributed by atoms with van der Waals surface area (Å²) < 4.78 is 33.8. The first-order valence-corrected chi connectivity index (χ1v) is 8.65. The zero-order valence-corrected chi connectivity index (χ0v) is 16.7. The van der Waals surface area contributed by atoms with Crippen molar-refractivity contribution in [2.45, 2.75) is 0 Å². The predicted molar refractivity (Wildman–Crippen MR) is 106 cm³/mol. The summed E-state index contributed by atoms with van der Waals surface area (Å²) >= 11 is 5.86. The normalized spacial score (nSPS) is 10.5. The number of esters is 1. The molecule has 0 aliphatic heterocycles. The van der Waals surface area contributed by atoms with Crippen LogP contribution in [-0.4, -0.2) is 39.8 Å². The second kappa shape index (κ2) is 10.3. The number of nitrogens with one attached hydrogen (secondary N) is 1. The molecule has 0 radical (unpaired) electrons. The van der Waals surface area contributed by atoms with Gasteiger partial charge in [0.25, 0.3) is 5.91 Å². The molecule has 0 unspecified atom stereocenters. The first-order chi connectivity index (χ1) is 13.9. The van der Waals surface area contributed by atoms with Crippen molar-refractivity contribution in [2.24, 2.45) is 0 Å². The lowest BCUT2D eigenvalue weighted by Crippen LogP contribution is -2.20. The standard InChI is InChI=1S/C20H19ClFNO6/c1-26-16-8-12(9-17(27-2)20(16)28-3)4-7-19(25)29-11-18(24)23-15-10-13(22)5-6-14(15)21/h4-10H,11H2,1-3H3,(H,23,24)/b7-4+. The molecular formula is C20H19ClFNO6. The molecule has 2 aromatic rings. The Hall–Kier alpha value is -3.26. The van der Waals surface area contributed by atoms with E-state index in [-0.39, 0.29) is 10.7 Å². The molecule has 1 amide bonds. The van der Waals surface area contributed by atoms with Gasteiger partial charge in [0.15, 0.2) is 18.1 Å². The first-order valence-electron chi connectivity index (χ1n) is 8.27. The molecule has 9 heteroatoms. The number of benzene rings is 2. The molecule has 29 heavy (non-hydrogen) atoms. The second-order valence-electron chi connectivity index (χ2n) is 5.57. The Balaban J connectivity index is 1.97. The summed E-state index contributed by atoms with van der Waals surface area (Å²) in [5.74, 6) is -0.707. The third-order valence-electron chi connectivity index (χ3n) is 3.65. The molecule has 0 aliphatic carbocycles. The van der Waals surface area contributed by atoms with Crippen molar-refractivity contribution in [3.8, 4) is 17.2 Å². The Morgan fingerprint density at radius 1 is 1.07 bits per heavy atom. The monoisotopic (exact) mass is 423 g/mol. The van der Waals surface area contributed by atoms with Gasteiger partial charge in [-0.05, 0) is 42.0 Å². The maximum Gasteiger partial charge on any atom is 0.331 e. The smallest absolute Gasteiger partial charge is 0.331 e. The van der Waals surface area contributed by atoms with Gasteiger partial charge in [0.2, 0.25) is 5.75 Å². The Bertz CT molecular complexity index is 906. The van der Waals surface area contributed by atoms with E-state index in [1.165, 1.54) is 33.5 Å². The lowest BCUT2D eigenvalue weighted by Gasteiger charge is -2.12. The largest absolute Gasteiger partial charge is 0.493 e. The minimum absolute atomic E-state index is 0.0840. The van der Waals surface area contributed by atoms with E-state index in [4.69, 9.17) is 30.5 Å². The van der Waals surface area contributed by atoms with Crippen LogP contribution < -0.4 is 19.5 Å². The summed E-state index contributed by atoms with van der Waals surface area (Å²) in [6.07, 6.45) is 2.61. The fourth-order valence-corrected chi connectivity index (χ4v) is 2.49. The highest BCUT2D eigenvalue weighted by molar-refractivity contribution is 6.33. The van der Waals surface area contributed by atoms with Crippen LogP contribution in [0.2, 0.25) is 5.02 Å². The van der Waals surface area contributed by atoms with Crippen LogP contribution >= 0.6 is 11.6 Å². The number of carbonyl (C=O) groups excluding carboxylic acids is 2. The number of carbonyl (C=O) groups is 2. The Morgan fingerprint density at radius 3 is 2.31 bits per heavy atom. The minimum Gasteiger partial charge on any atom is -0.493 e. The molecule has 0 aliphatic rings. The van der Waals surface area contributed by atoms with Crippen molar-refractivity contribution in [1.29, 1.82) is 0 Å². The maximum atomic E-state index is 13.2. The molecule has 0 bridgehead atoms. The highest BCUT2D eigenvalue weighted by Crippen LogP contribution is 2.38. The fourth-order valence-electron chi connectivity index (χ4n) is 2.33. The molecule has 0 aromatic heterocycles. The number of hydrogen-bond donors (Lipinski definition) is 1. The van der Waals surface area contributed by atoms with Gasteiger partial charge in [-0.3, -0.25) is 4.79 Å². The molecule has 0 heterocycles. The molecule has 154 valence electrons. The van der Waals surface area contributed by atoms with Crippen LogP contribution in [0.1, 0.15) is 5.56 Å². The summed E-state index contributed by atoms with van der Waals surface area (Å²) in [6, 6.07) is 6.81. The van der Waals surface area contributed by atoms with E-state index >= 15 is 0 Å². The number of halogens is 2. The molecule has 0 atom stereocenters. The SMILES string of the molecule is COc1cc(/C=C/C(=O)OCC(=O)Nc2cc(F)ccc2Cl)cc(OC)c1OC. The predicted octanol–water partition coefficient (Wildman–Crippen LogP) is 3.70. The summed E-state index contributed by atoms with van der Waals surface area (Å²) in [5, 5.41) is 2.52. The van der Waals surface area contributed by atoms with Gasteiger partial charge in [-0.15, -0.1) is 0 Å². The Morgan fingerprint density at radius 2 is 1.72 bits per heavy atom. The number of methoxy groups -OCH3 is 3. The average molecular weight is 424 g/mol. The maximum absolute atomic E-state index is 13.2. The van der Waals surface area contributed by atoms with Gasteiger partial charge < -0.3 is 24.3 Å². The Kier molecular flexibility index (Phi) is 7.85. The van der Waals surface area contributed by atoms with Crippen molar-refractivity contribution in [1.82, 2.24) is 0 Å². The zero-order chi connectivity index (χ0) is 21.4. The lowest BCUT2D eigenvalue weighted by atomic mass is 10.1. The number of rotatable bonds is 8. The van der Waals surface area contributed by atoms with Crippen LogP contribution in [-0.2, 0) is 14.3 Å². The lowest BCUT2D eigenvalue weighted by molar-refractivity contribution is -0.142. The average Bonchev–Trinajstić information content (AvgIpc) is 2.72. The second-order valence-corrected chi connectivity index (χ2v) is 5.98. The molecule has 1 N–H and O–H groups in total. The molecule has 2 aromatic carbocycles. The van der Waals surface area contributed by atoms with Gasteiger partial charge in [0.1, 0.15) is 5.82 Å². The van der Waals surface area contributed by atoms with E-state index in [2.05, 4.69) is 5.32 Å². The van der Waals surface area contributed by atoms with Crippen LogP contribution in [0.15, 0.2) is 36.4 Å². The minimum atomic E-state index is -0.751. The highest BCUT2D eigenvalue weighted by atomic mass is 35.5. The van der Waals surface area contributed by atoms with E-state index in [1.807, 2.05) is 0 Å². The van der Waals surface area contributed by atoms with Gasteiger partial charge in [-0.2, -0.15) is 0 Å². The van der Waals surface area contributed by atoms with Crippen LogP contribution in [0.5, 0.6) is 17.2 Å². The van der Waals surface area contributed by atoms with E-state index in [0.717, 1.165) is 18.2 Å². The van der Waals surface area contributed by atoms with E-state index in [0.29, 0.717) is 22.8 Å². The van der Waals surface area contributed by atoms with Gasteiger partial charge in [0.05, 0.1) is 32.0 Å². The molecular weight excluding hydrogens is 405 g/mol. The number of ether oxygens (including phenoxy) is 4. The summed E-state index contributed by atoms with van der Waals surface area (Å²) in [5.41, 5.74) is 0.674. The highest BCUT2D eigenvalue weighted by Gasteiger charge is 2.13. The van der Waals surface area contributed by atoms with Crippen molar-refractivity contribution in [3.63, 3.8) is 0 Å². The van der Waals surface area contributed by atoms with E-state index in [9.17, 15) is 14.0 Å². The van der Waals surface area contributed by atoms with Crippen molar-refractivity contribution in [3.05, 3.63) is 52.8 Å². The van der Waals surface area contributed by atoms with Crippen molar-refractivity contribution in [2.75, 3.05) is 33.3 Å². The van der Waals surface area contributed by atoms with Gasteiger partial charge in [0, 0.05) is 6.08 Å². The zero-order valence-electron chi connectivity index (χ0n) is 16.0. The van der Waals surface area contributed by atoms with Crippen molar-refractivity contribution >= 4 is 35.2 Å². The fraction of sp³-hybridized carbons (Fsp3) is 0.200. The van der Waals surface area contributed by atoms with Crippen molar-refractivity contribution < 1.29 is 32.9 Å². The van der Waals surface area contributed by atoms with Gasteiger partial charge in [-0.25, -0.2) is 9.18 Å². The molecule has 0 saturated carbocycles. The number of amides is 1. The summed E-state index contributed by atoms with van der Waals surface area (Å²) in [4.78, 5) is 23.7. The third-order valence-corrected chi connectivity index (χ3v) is 3.98. The summed E-state index contributed by atoms with van der Waals surface area (Å²) in [6.45, 7) is -0.564. The number of hydrogen-bond acceptors (Lipinski definition) is 6. The molecule has 0 saturated heterocycles. The van der Waals surface area contributed by atoms with Crippen LogP contribution in [0.4, 0.5) is 10.1 Å². The Labute approximate surface area is 172 Å². The summed E-state index contributed by atoms with van der Waals surface area (Å²) in [7, 11) is 4.43. The third kappa shape index (κ3) is 6.11.